The number of hydrogen-bond acceptors (Lipinski definition) is 4. The van der Waals surface area contributed by atoms with E-state index in [0.29, 0.717) is 0 Å². The third kappa shape index (κ3) is 3.31. The van der Waals surface area contributed by atoms with Crippen LogP contribution in [0.4, 0.5) is 0 Å². The lowest BCUT2D eigenvalue weighted by Crippen LogP contribution is -2.33. The molecule has 0 spiro atoms. The number of thiophene rings is 1. The van der Waals surface area contributed by atoms with Crippen molar-refractivity contribution in [2.24, 2.45) is 5.73 Å². The van der Waals surface area contributed by atoms with Crippen molar-refractivity contribution in [3.8, 4) is 11.5 Å². The molecule has 130 valence electrons. The number of hydrogen-bond donors (Lipinski definition) is 1. The zero-order valence-corrected chi connectivity index (χ0v) is 15.6. The van der Waals surface area contributed by atoms with Crippen LogP contribution in [0.15, 0.2) is 24.3 Å². The Hall–Kier alpha value is -1.52. The van der Waals surface area contributed by atoms with Gasteiger partial charge in [-0.15, -0.1) is 11.3 Å². The van der Waals surface area contributed by atoms with Gasteiger partial charge in [0.05, 0.1) is 14.2 Å². The van der Waals surface area contributed by atoms with Crippen LogP contribution in [0.3, 0.4) is 0 Å². The molecule has 0 aliphatic heterocycles. The van der Waals surface area contributed by atoms with Crippen molar-refractivity contribution in [2.75, 3.05) is 14.2 Å². The molecule has 4 heteroatoms. The summed E-state index contributed by atoms with van der Waals surface area (Å²) in [5.41, 5.74) is 9.17. The van der Waals surface area contributed by atoms with Crippen molar-refractivity contribution in [2.45, 2.75) is 51.0 Å². The minimum Gasteiger partial charge on any atom is -0.493 e. The lowest BCUT2D eigenvalue weighted by atomic mass is 9.78. The van der Waals surface area contributed by atoms with E-state index in [2.05, 4.69) is 31.2 Å². The van der Waals surface area contributed by atoms with Crippen molar-refractivity contribution in [3.05, 3.63) is 45.1 Å². The van der Waals surface area contributed by atoms with Crippen LogP contribution in [0.1, 0.15) is 53.0 Å². The molecule has 1 aliphatic carbocycles. The molecule has 0 saturated carbocycles. The van der Waals surface area contributed by atoms with Crippen LogP contribution >= 0.6 is 11.3 Å². The molecule has 3 rings (SSSR count). The molecule has 0 saturated heterocycles. The van der Waals surface area contributed by atoms with Crippen molar-refractivity contribution in [1.82, 2.24) is 0 Å². The van der Waals surface area contributed by atoms with Crippen LogP contribution in [0.25, 0.3) is 0 Å². The number of nitrogens with two attached hydrogens (primary N) is 1. The molecule has 0 amide bonds. The van der Waals surface area contributed by atoms with Gasteiger partial charge in [0.2, 0.25) is 0 Å². The summed E-state index contributed by atoms with van der Waals surface area (Å²) in [6.07, 6.45) is 5.66. The zero-order chi connectivity index (χ0) is 17.1. The fourth-order valence-corrected chi connectivity index (χ4v) is 4.82. The maximum atomic E-state index is 6.53. The molecule has 1 aliphatic rings. The molecular formula is C20H27NO2S. The van der Waals surface area contributed by atoms with E-state index < -0.39 is 0 Å². The average Bonchev–Trinajstić information content (AvgIpc) is 3.06. The van der Waals surface area contributed by atoms with E-state index >= 15 is 0 Å². The minimum atomic E-state index is 0.160. The summed E-state index contributed by atoms with van der Waals surface area (Å²) in [6, 6.07) is 8.96. The Morgan fingerprint density at radius 2 is 1.92 bits per heavy atom. The smallest absolute Gasteiger partial charge is 0.161 e. The van der Waals surface area contributed by atoms with E-state index in [1.54, 1.807) is 14.2 Å². The molecule has 1 aromatic carbocycles. The third-order valence-electron chi connectivity index (χ3n) is 4.92. The number of methoxy groups -OCH3 is 2. The highest BCUT2D eigenvalue weighted by Gasteiger charge is 2.31. The lowest BCUT2D eigenvalue weighted by molar-refractivity contribution is 0.352. The Balaban J connectivity index is 1.98. The van der Waals surface area contributed by atoms with Crippen molar-refractivity contribution in [1.29, 1.82) is 0 Å². The highest BCUT2D eigenvalue weighted by atomic mass is 32.1. The number of unbranched alkanes of at least 4 members (excludes halogenated alkanes) is 1. The zero-order valence-electron chi connectivity index (χ0n) is 14.8. The second-order valence-electron chi connectivity index (χ2n) is 6.49. The summed E-state index contributed by atoms with van der Waals surface area (Å²) in [6.45, 7) is 2.24. The van der Waals surface area contributed by atoms with Gasteiger partial charge in [0.1, 0.15) is 0 Å². The second kappa shape index (κ2) is 7.58. The number of rotatable bonds is 6. The number of aryl methyl sites for hydroxylation is 2. The quantitative estimate of drug-likeness (QED) is 0.837. The van der Waals surface area contributed by atoms with Gasteiger partial charge in [-0.2, -0.15) is 0 Å². The van der Waals surface area contributed by atoms with Gasteiger partial charge in [-0.05, 0) is 61.1 Å². The van der Waals surface area contributed by atoms with E-state index in [4.69, 9.17) is 15.2 Å². The fraction of sp³-hybridized carbons (Fsp3) is 0.500. The Kier molecular flexibility index (Phi) is 5.47. The molecule has 0 fully saturated rings. The third-order valence-corrected chi connectivity index (χ3v) is 6.15. The summed E-state index contributed by atoms with van der Waals surface area (Å²) in [5, 5.41) is 0. The first-order valence-electron chi connectivity index (χ1n) is 8.76. The van der Waals surface area contributed by atoms with Gasteiger partial charge in [-0.3, -0.25) is 0 Å². The molecular weight excluding hydrogens is 318 g/mol. The van der Waals surface area contributed by atoms with Gasteiger partial charge < -0.3 is 15.2 Å². The maximum Gasteiger partial charge on any atom is 0.161 e. The van der Waals surface area contributed by atoms with Crippen LogP contribution in [-0.2, 0) is 12.8 Å². The Bertz CT molecular complexity index is 695. The molecule has 2 aromatic rings. The van der Waals surface area contributed by atoms with E-state index in [-0.39, 0.29) is 12.0 Å². The summed E-state index contributed by atoms with van der Waals surface area (Å²) in [7, 11) is 3.38. The maximum absolute atomic E-state index is 6.53. The highest BCUT2D eigenvalue weighted by Crippen LogP contribution is 2.43. The highest BCUT2D eigenvalue weighted by molar-refractivity contribution is 7.12. The fourth-order valence-electron chi connectivity index (χ4n) is 3.57. The number of ether oxygens (including phenoxy) is 2. The summed E-state index contributed by atoms with van der Waals surface area (Å²) >= 11 is 1.92. The molecule has 1 aromatic heterocycles. The first-order valence-corrected chi connectivity index (χ1v) is 9.58. The standard InChI is InChI=1S/C20H27NO2S/c1-4-5-6-14-8-10-19(24-14)20-15-12-18(23-3)17(22-2)11-13(15)7-9-16(20)21/h8,10-12,16,20H,4-7,9,21H2,1-3H3/t16-,20-/m0/s1. The molecule has 0 radical (unpaired) electrons. The van der Waals surface area contributed by atoms with Crippen LogP contribution in [-0.4, -0.2) is 20.3 Å². The second-order valence-corrected chi connectivity index (χ2v) is 7.69. The Morgan fingerprint density at radius 1 is 1.17 bits per heavy atom. The van der Waals surface area contributed by atoms with E-state index in [1.165, 1.54) is 40.1 Å². The molecule has 3 nitrogen and oxygen atoms in total. The number of fused-ring (bicyclic) bond motifs is 1. The SMILES string of the molecule is CCCCc1ccc([C@H]2c3cc(OC)c(OC)cc3CC[C@@H]2N)s1. The molecule has 1 heterocycles. The number of benzene rings is 1. The van der Waals surface area contributed by atoms with Crippen LogP contribution < -0.4 is 15.2 Å². The Labute approximate surface area is 148 Å². The van der Waals surface area contributed by atoms with Gasteiger partial charge in [0, 0.05) is 21.7 Å². The summed E-state index contributed by atoms with van der Waals surface area (Å²) in [5.74, 6) is 1.85. The van der Waals surface area contributed by atoms with E-state index in [9.17, 15) is 0 Å². The lowest BCUT2D eigenvalue weighted by Gasteiger charge is -2.31. The van der Waals surface area contributed by atoms with Gasteiger partial charge in [-0.1, -0.05) is 13.3 Å². The van der Waals surface area contributed by atoms with Crippen LogP contribution in [0.5, 0.6) is 11.5 Å². The topological polar surface area (TPSA) is 44.5 Å². The van der Waals surface area contributed by atoms with E-state index in [1.807, 2.05) is 11.3 Å². The van der Waals surface area contributed by atoms with Crippen molar-refractivity contribution in [3.63, 3.8) is 0 Å². The van der Waals surface area contributed by atoms with Crippen molar-refractivity contribution >= 4 is 11.3 Å². The first kappa shape index (κ1) is 17.3. The minimum absolute atomic E-state index is 0.160. The molecule has 0 unspecified atom stereocenters. The largest absolute Gasteiger partial charge is 0.493 e. The van der Waals surface area contributed by atoms with Crippen molar-refractivity contribution < 1.29 is 9.47 Å². The Morgan fingerprint density at radius 3 is 2.62 bits per heavy atom. The molecule has 24 heavy (non-hydrogen) atoms. The van der Waals surface area contributed by atoms with Gasteiger partial charge in [0.15, 0.2) is 11.5 Å². The van der Waals surface area contributed by atoms with Crippen LogP contribution in [0, 0.1) is 0 Å². The summed E-state index contributed by atoms with van der Waals surface area (Å²) in [4.78, 5) is 2.84. The van der Waals surface area contributed by atoms with Gasteiger partial charge >= 0.3 is 0 Å². The monoisotopic (exact) mass is 345 g/mol. The predicted octanol–water partition coefficient (Wildman–Crippen LogP) is 4.51. The normalized spacial score (nSPS) is 19.8. The molecule has 2 N–H and O–H groups in total. The van der Waals surface area contributed by atoms with E-state index in [0.717, 1.165) is 24.3 Å². The molecule has 2 atom stereocenters. The predicted molar refractivity (Wildman–Crippen MR) is 101 cm³/mol. The average molecular weight is 346 g/mol. The van der Waals surface area contributed by atoms with Gasteiger partial charge in [0.25, 0.3) is 0 Å². The van der Waals surface area contributed by atoms with Crippen LogP contribution in [0.2, 0.25) is 0 Å². The molecule has 0 bridgehead atoms. The summed E-state index contributed by atoms with van der Waals surface area (Å²) < 4.78 is 11.0. The van der Waals surface area contributed by atoms with Gasteiger partial charge in [-0.25, -0.2) is 0 Å². The first-order chi connectivity index (χ1) is 11.7.